The van der Waals surface area contributed by atoms with Crippen LogP contribution in [-0.4, -0.2) is 36.9 Å². The summed E-state index contributed by atoms with van der Waals surface area (Å²) in [4.78, 5) is 22.2. The van der Waals surface area contributed by atoms with E-state index in [2.05, 4.69) is 0 Å². The fraction of sp³-hybridized carbons (Fsp3) is 0.105. The highest BCUT2D eigenvalue weighted by Gasteiger charge is 2.26. The minimum Gasteiger partial charge on any atom is -0.744 e. The molecule has 162 valence electrons. The normalized spacial score (nSPS) is 10.5. The highest BCUT2D eigenvalue weighted by Crippen LogP contribution is 2.24. The molecule has 31 heavy (non-hydrogen) atoms. The Balaban J connectivity index is 0.000000285. The predicted octanol–water partition coefficient (Wildman–Crippen LogP) is 2.44. The first-order valence-electron chi connectivity index (χ1n) is 8.63. The molecule has 3 aromatic rings. The van der Waals surface area contributed by atoms with Gasteiger partial charge in [-0.3, -0.25) is 20.2 Å². The first-order valence-corrected chi connectivity index (χ1v) is 10.0. The SMILES string of the molecule is CN(C)c1cc[n+](-c2ccc([N+](=O)[O-])cc2[N+](=O)[O-])cc1.O=S(=O)([O-])c1ccccc1. The molecule has 1 heterocycles. The van der Waals surface area contributed by atoms with Gasteiger partial charge in [-0.2, -0.15) is 4.57 Å². The summed E-state index contributed by atoms with van der Waals surface area (Å²) < 4.78 is 32.4. The maximum atomic E-state index is 11.1. The zero-order valence-corrected chi connectivity index (χ0v) is 17.3. The van der Waals surface area contributed by atoms with E-state index in [1.807, 2.05) is 19.0 Å². The van der Waals surface area contributed by atoms with Gasteiger partial charge in [-0.05, 0) is 12.1 Å². The Labute approximate surface area is 177 Å². The van der Waals surface area contributed by atoms with Crippen LogP contribution >= 0.6 is 0 Å². The number of benzene rings is 2. The lowest BCUT2D eigenvalue weighted by Crippen LogP contribution is -2.30. The number of aromatic nitrogens is 1. The number of hydrogen-bond donors (Lipinski definition) is 0. The monoisotopic (exact) mass is 446 g/mol. The minimum atomic E-state index is -4.25. The molecule has 0 atom stereocenters. The summed E-state index contributed by atoms with van der Waals surface area (Å²) in [5, 5.41) is 21.8. The van der Waals surface area contributed by atoms with Crippen LogP contribution in [0.5, 0.6) is 0 Å². The van der Waals surface area contributed by atoms with Crippen molar-refractivity contribution in [3.05, 3.63) is 93.3 Å². The van der Waals surface area contributed by atoms with Gasteiger partial charge in [0.2, 0.25) is 0 Å². The Hall–Kier alpha value is -3.90. The van der Waals surface area contributed by atoms with Crippen LogP contribution in [0.2, 0.25) is 0 Å². The minimum absolute atomic E-state index is 0.185. The Morgan fingerprint density at radius 2 is 1.45 bits per heavy atom. The zero-order chi connectivity index (χ0) is 23.2. The number of nitrogens with zero attached hydrogens (tertiary/aromatic N) is 4. The fourth-order valence-corrected chi connectivity index (χ4v) is 2.94. The molecule has 0 saturated carbocycles. The third-order valence-corrected chi connectivity index (χ3v) is 4.85. The van der Waals surface area contributed by atoms with Crippen LogP contribution in [0, 0.1) is 20.2 Å². The molecule has 0 aliphatic carbocycles. The first kappa shape index (κ1) is 23.4. The standard InChI is InChI=1S/C13H13N4O4.C6H6O3S/c1-14(2)10-5-7-15(8-6-10)12-4-3-11(16(18)19)9-13(12)17(20)21;7-10(8,9)6-4-2-1-3-5-6/h3-9H,1-2H3;1-5H,(H,7,8,9)/q+1;/p-1. The molecule has 0 amide bonds. The summed E-state index contributed by atoms with van der Waals surface area (Å²) in [6.07, 6.45) is 3.34. The van der Waals surface area contributed by atoms with Crippen molar-refractivity contribution in [2.24, 2.45) is 0 Å². The van der Waals surface area contributed by atoms with Gasteiger partial charge >= 0.3 is 5.69 Å². The van der Waals surface area contributed by atoms with Gasteiger partial charge in [0, 0.05) is 44.0 Å². The number of pyridine rings is 1. The van der Waals surface area contributed by atoms with Crippen molar-refractivity contribution in [2.45, 2.75) is 4.90 Å². The van der Waals surface area contributed by atoms with E-state index >= 15 is 0 Å². The van der Waals surface area contributed by atoms with Crippen LogP contribution in [0.1, 0.15) is 0 Å². The Morgan fingerprint density at radius 1 is 0.871 bits per heavy atom. The highest BCUT2D eigenvalue weighted by atomic mass is 32.2. The average Bonchev–Trinajstić information content (AvgIpc) is 2.73. The van der Waals surface area contributed by atoms with Crippen molar-refractivity contribution in [3.8, 4) is 5.69 Å². The van der Waals surface area contributed by atoms with Gasteiger partial charge in [0.05, 0.1) is 14.7 Å². The van der Waals surface area contributed by atoms with Crippen molar-refractivity contribution >= 4 is 27.2 Å². The van der Waals surface area contributed by atoms with Gasteiger partial charge in [0.15, 0.2) is 12.4 Å². The Kier molecular flexibility index (Phi) is 7.34. The van der Waals surface area contributed by atoms with E-state index in [4.69, 9.17) is 0 Å². The molecule has 0 saturated heterocycles. The average molecular weight is 446 g/mol. The van der Waals surface area contributed by atoms with Crippen molar-refractivity contribution in [1.82, 2.24) is 0 Å². The lowest BCUT2D eigenvalue weighted by molar-refractivity contribution is -0.600. The number of hydrogen-bond acceptors (Lipinski definition) is 8. The largest absolute Gasteiger partial charge is 0.744 e. The molecule has 2 aromatic carbocycles. The molecule has 0 N–H and O–H groups in total. The molecule has 0 unspecified atom stereocenters. The summed E-state index contributed by atoms with van der Waals surface area (Å²) in [6.45, 7) is 0. The van der Waals surface area contributed by atoms with E-state index in [1.54, 1.807) is 35.2 Å². The summed E-state index contributed by atoms with van der Waals surface area (Å²) >= 11 is 0. The highest BCUT2D eigenvalue weighted by molar-refractivity contribution is 7.85. The third-order valence-electron chi connectivity index (χ3n) is 4.00. The number of rotatable bonds is 5. The third kappa shape index (κ3) is 6.29. The van der Waals surface area contributed by atoms with Crippen LogP contribution in [-0.2, 0) is 10.1 Å². The van der Waals surface area contributed by atoms with E-state index in [0.29, 0.717) is 0 Å². The van der Waals surface area contributed by atoms with Crippen molar-refractivity contribution in [3.63, 3.8) is 0 Å². The summed E-state index contributed by atoms with van der Waals surface area (Å²) in [7, 11) is -0.487. The summed E-state index contributed by atoms with van der Waals surface area (Å²) in [5.74, 6) is 0. The Bertz CT molecular complexity index is 1180. The van der Waals surface area contributed by atoms with Gasteiger partial charge in [-0.15, -0.1) is 0 Å². The molecule has 0 fully saturated rings. The molecule has 3 rings (SSSR count). The summed E-state index contributed by atoms with van der Waals surface area (Å²) in [6, 6.07) is 14.4. The zero-order valence-electron chi connectivity index (χ0n) is 16.5. The van der Waals surface area contributed by atoms with Gasteiger partial charge in [0.25, 0.3) is 11.4 Å². The molecule has 12 heteroatoms. The lowest BCUT2D eigenvalue weighted by Gasteiger charge is -2.10. The van der Waals surface area contributed by atoms with E-state index in [0.717, 1.165) is 11.8 Å². The van der Waals surface area contributed by atoms with Crippen molar-refractivity contribution < 1.29 is 27.4 Å². The number of nitro groups is 2. The van der Waals surface area contributed by atoms with E-state index < -0.39 is 20.0 Å². The quantitative estimate of drug-likeness (QED) is 0.251. The molecular weight excluding hydrogens is 428 g/mol. The molecule has 0 aliphatic heterocycles. The van der Waals surface area contributed by atoms with Gasteiger partial charge < -0.3 is 9.45 Å². The topological polar surface area (TPSA) is 151 Å². The molecule has 1 aromatic heterocycles. The number of non-ortho nitro benzene ring substituents is 1. The first-order chi connectivity index (χ1) is 14.5. The molecule has 11 nitrogen and oxygen atoms in total. The van der Waals surface area contributed by atoms with Crippen LogP contribution in [0.25, 0.3) is 5.69 Å². The van der Waals surface area contributed by atoms with E-state index in [1.165, 1.54) is 36.4 Å². The summed E-state index contributed by atoms with van der Waals surface area (Å²) in [5.41, 5.74) is 0.592. The maximum absolute atomic E-state index is 11.1. The van der Waals surface area contributed by atoms with Crippen LogP contribution in [0.3, 0.4) is 0 Å². The molecular formula is C19H18N4O7S. The molecule has 0 aliphatic rings. The van der Waals surface area contributed by atoms with E-state index in [-0.39, 0.29) is 22.0 Å². The Morgan fingerprint density at radius 3 is 1.87 bits per heavy atom. The van der Waals surface area contributed by atoms with Gasteiger partial charge in [-0.1, -0.05) is 18.2 Å². The van der Waals surface area contributed by atoms with Crippen LogP contribution in [0.15, 0.2) is 78.0 Å². The van der Waals surface area contributed by atoms with Crippen LogP contribution in [0.4, 0.5) is 17.1 Å². The second kappa shape index (κ2) is 9.73. The molecule has 0 spiro atoms. The van der Waals surface area contributed by atoms with Crippen molar-refractivity contribution in [1.29, 1.82) is 0 Å². The predicted molar refractivity (Wildman–Crippen MR) is 110 cm³/mol. The van der Waals surface area contributed by atoms with Gasteiger partial charge in [0.1, 0.15) is 16.2 Å². The van der Waals surface area contributed by atoms with Crippen LogP contribution < -0.4 is 9.47 Å². The second-order valence-corrected chi connectivity index (χ2v) is 7.69. The smallest absolute Gasteiger partial charge is 0.347 e. The van der Waals surface area contributed by atoms with E-state index in [9.17, 15) is 33.2 Å². The fourth-order valence-electron chi connectivity index (χ4n) is 2.45. The number of nitro benzene ring substituents is 2. The van der Waals surface area contributed by atoms with Crippen molar-refractivity contribution in [2.75, 3.05) is 19.0 Å². The maximum Gasteiger partial charge on any atom is 0.347 e. The molecule has 0 bridgehead atoms. The number of anilines is 1. The molecule has 0 radical (unpaired) electrons. The second-order valence-electron chi connectivity index (χ2n) is 6.31. The van der Waals surface area contributed by atoms with Gasteiger partial charge in [-0.25, -0.2) is 8.42 Å². The lowest BCUT2D eigenvalue weighted by atomic mass is 10.2.